The van der Waals surface area contributed by atoms with Gasteiger partial charge in [0.05, 0.1) is 5.51 Å². The van der Waals surface area contributed by atoms with E-state index in [1.807, 2.05) is 28.3 Å². The van der Waals surface area contributed by atoms with Crippen molar-refractivity contribution in [2.45, 2.75) is 0 Å². The van der Waals surface area contributed by atoms with E-state index in [0.29, 0.717) is 0 Å². The predicted octanol–water partition coefficient (Wildman–Crippen LogP) is 3.37. The summed E-state index contributed by atoms with van der Waals surface area (Å²) >= 11 is 3.31. The summed E-state index contributed by atoms with van der Waals surface area (Å²) in [4.78, 5) is 11.1. The molecule has 3 aromatic heterocycles. The van der Waals surface area contributed by atoms with Gasteiger partial charge in [-0.3, -0.25) is 4.98 Å². The molecule has 0 unspecified atom stereocenters. The molecule has 5 heteroatoms. The van der Waals surface area contributed by atoms with Crippen LogP contribution in [0.1, 0.15) is 0 Å². The van der Waals surface area contributed by atoms with Crippen molar-refractivity contribution >= 4 is 22.7 Å². The highest BCUT2D eigenvalue weighted by Crippen LogP contribution is 1.91. The normalized spacial score (nSPS) is 8.00. The lowest BCUT2D eigenvalue weighted by Crippen LogP contribution is -1.66. The fourth-order valence-electron chi connectivity index (χ4n) is 0.656. The van der Waals surface area contributed by atoms with E-state index in [4.69, 9.17) is 0 Å². The third kappa shape index (κ3) is 7.78. The minimum absolute atomic E-state index is 1.50. The monoisotopic (exact) mass is 249 g/mol. The first kappa shape index (κ1) is 12.5. The Kier molecular flexibility index (Phi) is 7.76. The molecular weight excluding hydrogens is 238 g/mol. The Morgan fingerprint density at radius 3 is 1.56 bits per heavy atom. The SMILES string of the molecule is c1ccsc1.c1cncnc1.c1cscn1. The Morgan fingerprint density at radius 1 is 0.625 bits per heavy atom. The van der Waals surface area contributed by atoms with Crippen LogP contribution in [0.5, 0.6) is 0 Å². The molecule has 0 amide bonds. The van der Waals surface area contributed by atoms with Gasteiger partial charge in [-0.2, -0.15) is 11.3 Å². The minimum atomic E-state index is 1.50. The summed E-state index contributed by atoms with van der Waals surface area (Å²) in [6.07, 6.45) is 6.64. The second-order valence-corrected chi connectivity index (χ2v) is 3.94. The van der Waals surface area contributed by atoms with Crippen LogP contribution < -0.4 is 0 Å². The summed E-state index contributed by atoms with van der Waals surface area (Å²) in [6, 6.07) is 5.81. The molecular formula is C11H11N3S2. The molecule has 16 heavy (non-hydrogen) atoms. The summed E-state index contributed by atoms with van der Waals surface area (Å²) in [6.45, 7) is 0. The molecule has 3 nitrogen and oxygen atoms in total. The van der Waals surface area contributed by atoms with Gasteiger partial charge in [0, 0.05) is 24.0 Å². The van der Waals surface area contributed by atoms with Gasteiger partial charge in [-0.15, -0.1) is 11.3 Å². The van der Waals surface area contributed by atoms with Crippen molar-refractivity contribution in [2.75, 3.05) is 0 Å². The van der Waals surface area contributed by atoms with E-state index in [2.05, 4.69) is 15.0 Å². The van der Waals surface area contributed by atoms with E-state index < -0.39 is 0 Å². The molecule has 0 aliphatic rings. The molecule has 3 heterocycles. The van der Waals surface area contributed by atoms with Crippen molar-refractivity contribution in [3.63, 3.8) is 0 Å². The van der Waals surface area contributed by atoms with Gasteiger partial charge in [-0.25, -0.2) is 9.97 Å². The van der Waals surface area contributed by atoms with Crippen LogP contribution in [0.3, 0.4) is 0 Å². The Balaban J connectivity index is 0.000000121. The van der Waals surface area contributed by atoms with Gasteiger partial charge in [0.25, 0.3) is 0 Å². The average molecular weight is 249 g/mol. The summed E-state index contributed by atoms with van der Waals surface area (Å²) in [5.74, 6) is 0. The Labute approximate surface area is 102 Å². The third-order valence-corrected chi connectivity index (χ3v) is 2.40. The van der Waals surface area contributed by atoms with Gasteiger partial charge in [-0.1, -0.05) is 12.1 Å². The maximum absolute atomic E-state index is 3.74. The zero-order chi connectivity index (χ0) is 11.3. The second kappa shape index (κ2) is 9.95. The van der Waals surface area contributed by atoms with Crippen molar-refractivity contribution in [3.8, 4) is 0 Å². The largest absolute Gasteiger partial charge is 0.253 e. The quantitative estimate of drug-likeness (QED) is 0.613. The standard InChI is InChI=1S/C4H4N2.C4H4S.C3H3NS/c1-2-5-4-6-3-1;1-2-4-5-3-1;1-2-5-3-4-1/h1-4H;1-4H;1-3H. The van der Waals surface area contributed by atoms with Crippen LogP contribution in [0.2, 0.25) is 0 Å². The van der Waals surface area contributed by atoms with Gasteiger partial charge in [0.2, 0.25) is 0 Å². The molecule has 3 rings (SSSR count). The van der Waals surface area contributed by atoms with Gasteiger partial charge in [-0.05, 0) is 16.8 Å². The van der Waals surface area contributed by atoms with Crippen molar-refractivity contribution in [1.29, 1.82) is 0 Å². The number of thiazole rings is 1. The number of rotatable bonds is 0. The van der Waals surface area contributed by atoms with Crippen molar-refractivity contribution < 1.29 is 0 Å². The van der Waals surface area contributed by atoms with Crippen LogP contribution >= 0.6 is 22.7 Å². The summed E-state index contributed by atoms with van der Waals surface area (Å²) in [7, 11) is 0. The van der Waals surface area contributed by atoms with Crippen molar-refractivity contribution in [1.82, 2.24) is 15.0 Å². The highest BCUT2D eigenvalue weighted by Gasteiger charge is 1.60. The summed E-state index contributed by atoms with van der Waals surface area (Å²) in [5.41, 5.74) is 1.79. The first-order valence-corrected chi connectivity index (χ1v) is 6.38. The predicted molar refractivity (Wildman–Crippen MR) is 68.5 cm³/mol. The van der Waals surface area contributed by atoms with Gasteiger partial charge < -0.3 is 0 Å². The molecule has 0 spiro atoms. The molecule has 0 saturated heterocycles. The lowest BCUT2D eigenvalue weighted by Gasteiger charge is -1.70. The Hall–Kier alpha value is -1.59. The second-order valence-electron chi connectivity index (χ2n) is 2.37. The van der Waals surface area contributed by atoms with Crippen LogP contribution in [-0.2, 0) is 0 Å². The minimum Gasteiger partial charge on any atom is -0.253 e. The van der Waals surface area contributed by atoms with E-state index in [1.54, 1.807) is 52.8 Å². The van der Waals surface area contributed by atoms with Crippen LogP contribution in [0.25, 0.3) is 0 Å². The van der Waals surface area contributed by atoms with Gasteiger partial charge in [0.1, 0.15) is 6.33 Å². The molecule has 0 N–H and O–H groups in total. The van der Waals surface area contributed by atoms with Gasteiger partial charge >= 0.3 is 0 Å². The summed E-state index contributed by atoms with van der Waals surface area (Å²) < 4.78 is 0. The first-order valence-electron chi connectivity index (χ1n) is 4.49. The van der Waals surface area contributed by atoms with Crippen LogP contribution in [0, 0.1) is 0 Å². The number of thiophene rings is 1. The highest BCUT2D eigenvalue weighted by atomic mass is 32.1. The fourth-order valence-corrected chi connectivity index (χ4v) is 1.46. The molecule has 0 aliphatic carbocycles. The molecule has 0 saturated carbocycles. The maximum Gasteiger partial charge on any atom is 0.115 e. The highest BCUT2D eigenvalue weighted by molar-refractivity contribution is 7.07. The Morgan fingerprint density at radius 2 is 1.38 bits per heavy atom. The lowest BCUT2D eigenvalue weighted by molar-refractivity contribution is 1.17. The van der Waals surface area contributed by atoms with E-state index in [9.17, 15) is 0 Å². The number of nitrogens with zero attached hydrogens (tertiary/aromatic N) is 3. The zero-order valence-electron chi connectivity index (χ0n) is 8.51. The fraction of sp³-hybridized carbons (Fsp3) is 0. The topological polar surface area (TPSA) is 38.7 Å². The van der Waals surface area contributed by atoms with Crippen LogP contribution in [0.15, 0.2) is 64.8 Å². The Bertz CT molecular complexity index is 311. The van der Waals surface area contributed by atoms with Crippen molar-refractivity contribution in [3.05, 3.63) is 64.8 Å². The van der Waals surface area contributed by atoms with E-state index in [1.165, 1.54) is 6.33 Å². The summed E-state index contributed by atoms with van der Waals surface area (Å²) in [5, 5.41) is 6.01. The maximum atomic E-state index is 3.74. The van der Waals surface area contributed by atoms with E-state index in [0.717, 1.165) is 0 Å². The lowest BCUT2D eigenvalue weighted by atomic mass is 10.7. The van der Waals surface area contributed by atoms with E-state index >= 15 is 0 Å². The zero-order valence-corrected chi connectivity index (χ0v) is 10.1. The number of aromatic nitrogens is 3. The molecule has 3 aromatic rings. The average Bonchev–Trinajstić information content (AvgIpc) is 3.10. The van der Waals surface area contributed by atoms with E-state index in [-0.39, 0.29) is 0 Å². The molecule has 0 radical (unpaired) electrons. The molecule has 82 valence electrons. The number of hydrogen-bond donors (Lipinski definition) is 0. The van der Waals surface area contributed by atoms with Crippen LogP contribution in [0.4, 0.5) is 0 Å². The van der Waals surface area contributed by atoms with Crippen molar-refractivity contribution in [2.24, 2.45) is 0 Å². The molecule has 0 aliphatic heterocycles. The first-order chi connectivity index (χ1) is 8.00. The molecule has 0 aromatic carbocycles. The molecule has 0 atom stereocenters. The molecule has 0 fully saturated rings. The number of hydrogen-bond acceptors (Lipinski definition) is 5. The van der Waals surface area contributed by atoms with Gasteiger partial charge in [0.15, 0.2) is 0 Å². The molecule has 0 bridgehead atoms. The third-order valence-electron chi connectivity index (χ3n) is 1.25. The smallest absolute Gasteiger partial charge is 0.115 e. The van der Waals surface area contributed by atoms with Crippen LogP contribution in [-0.4, -0.2) is 15.0 Å².